The molecule has 0 radical (unpaired) electrons. The molecular weight excluding hydrogens is 505 g/mol. The Balaban J connectivity index is 1.66. The second-order valence-electron chi connectivity index (χ2n) is 8.63. The predicted octanol–water partition coefficient (Wildman–Crippen LogP) is 4.48. The zero-order valence-corrected chi connectivity index (χ0v) is 20.4. The first-order valence-corrected chi connectivity index (χ1v) is 11.4. The molecule has 3 amide bonds. The molecule has 0 saturated carbocycles. The van der Waals surface area contributed by atoms with Crippen LogP contribution < -0.4 is 19.1 Å². The van der Waals surface area contributed by atoms with Crippen LogP contribution in [0.3, 0.4) is 0 Å². The van der Waals surface area contributed by atoms with Gasteiger partial charge in [0.05, 0.1) is 44.1 Å². The summed E-state index contributed by atoms with van der Waals surface area (Å²) in [6.07, 6.45) is -4.64. The van der Waals surface area contributed by atoms with E-state index < -0.39 is 41.5 Å². The quantitative estimate of drug-likeness (QED) is 0.348. The van der Waals surface area contributed by atoms with Crippen molar-refractivity contribution in [1.29, 1.82) is 0 Å². The molecule has 2 aliphatic heterocycles. The van der Waals surface area contributed by atoms with Gasteiger partial charge in [0.1, 0.15) is 6.04 Å². The molecule has 2 aliphatic rings. The van der Waals surface area contributed by atoms with E-state index in [2.05, 4.69) is 0 Å². The summed E-state index contributed by atoms with van der Waals surface area (Å²) in [4.78, 5) is 42.1. The van der Waals surface area contributed by atoms with E-state index in [1.807, 2.05) is 0 Å². The summed E-state index contributed by atoms with van der Waals surface area (Å²) in [6.45, 7) is 0. The molecule has 8 nitrogen and oxygen atoms in total. The molecule has 0 bridgehead atoms. The third kappa shape index (κ3) is 3.73. The maximum atomic E-state index is 13.6. The number of β-lactam (4-membered cyclic amide) rings is 1. The first kappa shape index (κ1) is 25.1. The van der Waals surface area contributed by atoms with Crippen molar-refractivity contribution in [3.63, 3.8) is 0 Å². The van der Waals surface area contributed by atoms with Crippen LogP contribution >= 0.6 is 0 Å². The lowest BCUT2D eigenvalue weighted by atomic mass is 9.85. The van der Waals surface area contributed by atoms with Crippen LogP contribution in [0.15, 0.2) is 60.7 Å². The van der Waals surface area contributed by atoms with Gasteiger partial charge >= 0.3 is 6.18 Å². The lowest BCUT2D eigenvalue weighted by Gasteiger charge is -2.50. The van der Waals surface area contributed by atoms with E-state index in [0.717, 1.165) is 21.9 Å². The third-order valence-corrected chi connectivity index (χ3v) is 6.65. The van der Waals surface area contributed by atoms with E-state index in [1.54, 1.807) is 12.1 Å². The first-order valence-electron chi connectivity index (χ1n) is 11.4. The number of nitrogens with zero attached hydrogens (tertiary/aromatic N) is 2. The molecule has 2 atom stereocenters. The number of fused-ring (bicyclic) bond motifs is 1. The van der Waals surface area contributed by atoms with Gasteiger partial charge in [0, 0.05) is 5.69 Å². The Morgan fingerprint density at radius 1 is 0.711 bits per heavy atom. The highest BCUT2D eigenvalue weighted by molar-refractivity contribution is 6.24. The standard InChI is InChI=1S/C27H21F3N2O6/c1-36-19-11-14(12-20(37-2)23(19)38-3)21-22(32-24(33)17-9-4-5-10-18(17)25(32)34)26(35)31(21)16-8-6-7-15(13-16)27(28,29)30/h4-13,21-22H,1-3H3/t21-,22-/m1/s1. The fourth-order valence-corrected chi connectivity index (χ4v) is 4.91. The maximum Gasteiger partial charge on any atom is 0.416 e. The van der Waals surface area contributed by atoms with Gasteiger partial charge in [-0.15, -0.1) is 0 Å². The number of halogens is 3. The largest absolute Gasteiger partial charge is 0.493 e. The molecule has 196 valence electrons. The number of hydrogen-bond acceptors (Lipinski definition) is 6. The van der Waals surface area contributed by atoms with Crippen LogP contribution in [0.25, 0.3) is 0 Å². The van der Waals surface area contributed by atoms with Gasteiger partial charge < -0.3 is 19.1 Å². The summed E-state index contributed by atoms with van der Waals surface area (Å²) in [5, 5.41) is 0. The molecule has 2 heterocycles. The third-order valence-electron chi connectivity index (χ3n) is 6.65. The van der Waals surface area contributed by atoms with E-state index in [0.29, 0.717) is 5.56 Å². The van der Waals surface area contributed by atoms with Crippen LogP contribution in [0, 0.1) is 0 Å². The van der Waals surface area contributed by atoms with Gasteiger partial charge in [-0.05, 0) is 48.0 Å². The van der Waals surface area contributed by atoms with E-state index in [4.69, 9.17) is 14.2 Å². The number of hydrogen-bond donors (Lipinski definition) is 0. The van der Waals surface area contributed by atoms with Crippen molar-refractivity contribution < 1.29 is 41.8 Å². The number of benzene rings is 3. The van der Waals surface area contributed by atoms with Gasteiger partial charge in [0.25, 0.3) is 17.7 Å². The molecule has 0 aliphatic carbocycles. The highest BCUT2D eigenvalue weighted by atomic mass is 19.4. The summed E-state index contributed by atoms with van der Waals surface area (Å²) >= 11 is 0. The average Bonchev–Trinajstić information content (AvgIpc) is 3.15. The molecule has 38 heavy (non-hydrogen) atoms. The Bertz CT molecular complexity index is 1410. The number of amides is 3. The number of alkyl halides is 3. The van der Waals surface area contributed by atoms with Crippen molar-refractivity contribution in [2.45, 2.75) is 18.3 Å². The normalized spacial score (nSPS) is 18.8. The van der Waals surface area contributed by atoms with Crippen molar-refractivity contribution in [3.05, 3.63) is 82.9 Å². The minimum Gasteiger partial charge on any atom is -0.493 e. The second-order valence-corrected chi connectivity index (χ2v) is 8.63. The minimum atomic E-state index is -4.64. The molecule has 1 fully saturated rings. The zero-order chi connectivity index (χ0) is 27.4. The van der Waals surface area contributed by atoms with Gasteiger partial charge in [0.15, 0.2) is 11.5 Å². The molecule has 1 saturated heterocycles. The van der Waals surface area contributed by atoms with Crippen LogP contribution in [0.2, 0.25) is 0 Å². The number of rotatable bonds is 6. The Kier molecular flexibility index (Phi) is 6.01. The van der Waals surface area contributed by atoms with Crippen molar-refractivity contribution in [2.24, 2.45) is 0 Å². The smallest absolute Gasteiger partial charge is 0.416 e. The Morgan fingerprint density at radius 2 is 1.29 bits per heavy atom. The number of ether oxygens (including phenoxy) is 3. The van der Waals surface area contributed by atoms with Crippen LogP contribution in [0.4, 0.5) is 18.9 Å². The van der Waals surface area contributed by atoms with Crippen LogP contribution in [0.1, 0.15) is 37.9 Å². The fraction of sp³-hybridized carbons (Fsp3) is 0.222. The van der Waals surface area contributed by atoms with E-state index in [-0.39, 0.29) is 34.1 Å². The maximum absolute atomic E-state index is 13.6. The molecule has 0 aromatic heterocycles. The highest BCUT2D eigenvalue weighted by Crippen LogP contribution is 2.48. The number of carbonyl (C=O) groups is 3. The summed E-state index contributed by atoms with van der Waals surface area (Å²) in [5.41, 5.74) is -0.344. The van der Waals surface area contributed by atoms with Crippen molar-refractivity contribution in [3.8, 4) is 17.2 Å². The molecule has 3 aromatic carbocycles. The molecule has 11 heteroatoms. The van der Waals surface area contributed by atoms with Gasteiger partial charge in [-0.3, -0.25) is 19.3 Å². The van der Waals surface area contributed by atoms with Crippen LogP contribution in [-0.2, 0) is 11.0 Å². The van der Waals surface area contributed by atoms with Gasteiger partial charge in [-0.2, -0.15) is 13.2 Å². The summed E-state index contributed by atoms with van der Waals surface area (Å²) in [7, 11) is 4.18. The first-order chi connectivity index (χ1) is 18.1. The van der Waals surface area contributed by atoms with Crippen molar-refractivity contribution in [2.75, 3.05) is 26.2 Å². The molecule has 0 spiro atoms. The Labute approximate surface area is 215 Å². The van der Waals surface area contributed by atoms with E-state index in [1.165, 1.54) is 57.7 Å². The lowest BCUT2D eigenvalue weighted by molar-refractivity contribution is -0.137. The Morgan fingerprint density at radius 3 is 1.79 bits per heavy atom. The molecule has 0 N–H and O–H groups in total. The van der Waals surface area contributed by atoms with Crippen molar-refractivity contribution >= 4 is 23.4 Å². The monoisotopic (exact) mass is 526 g/mol. The number of methoxy groups -OCH3 is 3. The zero-order valence-electron chi connectivity index (χ0n) is 20.4. The SMILES string of the molecule is COc1cc([C@@H]2[C@@H](N3C(=O)c4ccccc4C3=O)C(=O)N2c2cccc(C(F)(F)F)c2)cc(OC)c1OC. The average molecular weight is 526 g/mol. The van der Waals surface area contributed by atoms with Gasteiger partial charge in [0.2, 0.25) is 5.75 Å². The summed E-state index contributed by atoms with van der Waals surface area (Å²) in [6, 6.07) is 11.2. The van der Waals surface area contributed by atoms with E-state index in [9.17, 15) is 27.6 Å². The number of carbonyl (C=O) groups excluding carboxylic acids is 3. The molecular formula is C27H21F3N2O6. The molecule has 3 aromatic rings. The van der Waals surface area contributed by atoms with Crippen LogP contribution in [-0.4, -0.2) is 50.0 Å². The molecule has 0 unspecified atom stereocenters. The highest BCUT2D eigenvalue weighted by Gasteiger charge is 2.57. The summed E-state index contributed by atoms with van der Waals surface area (Å²) < 4.78 is 56.6. The minimum absolute atomic E-state index is 0.0450. The van der Waals surface area contributed by atoms with Crippen molar-refractivity contribution in [1.82, 2.24) is 4.90 Å². The van der Waals surface area contributed by atoms with Gasteiger partial charge in [-0.25, -0.2) is 0 Å². The fourth-order valence-electron chi connectivity index (χ4n) is 4.91. The van der Waals surface area contributed by atoms with Crippen LogP contribution in [0.5, 0.6) is 17.2 Å². The lowest BCUT2D eigenvalue weighted by Crippen LogP contribution is -2.67. The number of anilines is 1. The topological polar surface area (TPSA) is 85.4 Å². The predicted molar refractivity (Wildman–Crippen MR) is 128 cm³/mol. The summed E-state index contributed by atoms with van der Waals surface area (Å²) in [5.74, 6) is -1.32. The molecule has 5 rings (SSSR count). The number of imide groups is 1. The van der Waals surface area contributed by atoms with E-state index >= 15 is 0 Å². The Hall–Kier alpha value is -4.54. The van der Waals surface area contributed by atoms with Gasteiger partial charge in [-0.1, -0.05) is 18.2 Å². The second kappa shape index (κ2) is 9.09.